The van der Waals surface area contributed by atoms with Crippen molar-refractivity contribution in [3.05, 3.63) is 47.5 Å². The van der Waals surface area contributed by atoms with Crippen LogP contribution < -0.4 is 19.9 Å². The highest BCUT2D eigenvalue weighted by Gasteiger charge is 2.26. The Morgan fingerprint density at radius 2 is 1.96 bits per heavy atom. The van der Waals surface area contributed by atoms with Crippen LogP contribution in [0.1, 0.15) is 28.8 Å². The van der Waals surface area contributed by atoms with Crippen molar-refractivity contribution in [1.29, 1.82) is 0 Å². The summed E-state index contributed by atoms with van der Waals surface area (Å²) in [4.78, 5) is 29.0. The molecule has 1 fully saturated rings. The van der Waals surface area contributed by atoms with Crippen molar-refractivity contribution >= 4 is 28.9 Å². The minimum atomic E-state index is -0.215. The van der Waals surface area contributed by atoms with E-state index in [1.165, 1.54) is 0 Å². The fraction of sp³-hybridized carbons (Fsp3) is 0.333. The number of nitrogens with one attached hydrogen (secondary N) is 1. The van der Waals surface area contributed by atoms with Crippen LogP contribution in [-0.4, -0.2) is 38.6 Å². The Bertz CT molecular complexity index is 910. The lowest BCUT2D eigenvalue weighted by molar-refractivity contribution is -0.117. The van der Waals surface area contributed by atoms with Crippen molar-refractivity contribution in [3.8, 4) is 5.75 Å². The van der Waals surface area contributed by atoms with Gasteiger partial charge in [0.15, 0.2) is 0 Å². The topological polar surface area (TPSA) is 61.9 Å². The van der Waals surface area contributed by atoms with Gasteiger partial charge in [-0.25, -0.2) is 0 Å². The lowest BCUT2D eigenvalue weighted by atomic mass is 10.1. The van der Waals surface area contributed by atoms with Crippen molar-refractivity contribution < 1.29 is 14.3 Å². The van der Waals surface area contributed by atoms with Gasteiger partial charge in [-0.15, -0.1) is 0 Å². The first-order chi connectivity index (χ1) is 13.0. The first-order valence-electron chi connectivity index (χ1n) is 9.23. The molecule has 6 heteroatoms. The van der Waals surface area contributed by atoms with Gasteiger partial charge >= 0.3 is 0 Å². The van der Waals surface area contributed by atoms with E-state index in [0.29, 0.717) is 36.5 Å². The number of likely N-dealkylation sites (N-methyl/N-ethyl adjacent to an activating group) is 1. The van der Waals surface area contributed by atoms with E-state index in [0.717, 1.165) is 30.0 Å². The molecule has 0 saturated carbocycles. The smallest absolute Gasteiger partial charge is 0.257 e. The van der Waals surface area contributed by atoms with Crippen LogP contribution in [0.4, 0.5) is 17.1 Å². The van der Waals surface area contributed by atoms with E-state index in [-0.39, 0.29) is 11.8 Å². The molecular formula is C21H23N3O3. The largest absolute Gasteiger partial charge is 0.490 e. The Labute approximate surface area is 158 Å². The monoisotopic (exact) mass is 365 g/mol. The first-order valence-corrected chi connectivity index (χ1v) is 9.23. The number of fused-ring (bicyclic) bond motifs is 1. The van der Waals surface area contributed by atoms with E-state index in [4.69, 9.17) is 4.74 Å². The molecule has 2 aromatic carbocycles. The van der Waals surface area contributed by atoms with E-state index >= 15 is 0 Å². The summed E-state index contributed by atoms with van der Waals surface area (Å²) in [5.74, 6) is 0.675. The van der Waals surface area contributed by atoms with Gasteiger partial charge in [0.05, 0.1) is 23.5 Å². The maximum Gasteiger partial charge on any atom is 0.257 e. The Balaban J connectivity index is 1.63. The summed E-state index contributed by atoms with van der Waals surface area (Å²) in [5, 5.41) is 2.98. The van der Waals surface area contributed by atoms with Gasteiger partial charge < -0.3 is 19.9 Å². The zero-order valence-electron chi connectivity index (χ0n) is 15.6. The number of anilines is 3. The summed E-state index contributed by atoms with van der Waals surface area (Å²) in [5.41, 5.74) is 3.84. The number of amides is 2. The van der Waals surface area contributed by atoms with E-state index in [1.54, 1.807) is 4.90 Å². The lowest BCUT2D eigenvalue weighted by Gasteiger charge is -2.28. The number of aryl methyl sites for hydroxylation is 1. The molecule has 2 aliphatic heterocycles. The maximum absolute atomic E-state index is 13.0. The van der Waals surface area contributed by atoms with Crippen molar-refractivity contribution in [2.75, 3.05) is 41.9 Å². The molecule has 0 radical (unpaired) electrons. The van der Waals surface area contributed by atoms with E-state index in [1.807, 2.05) is 50.4 Å². The quantitative estimate of drug-likeness (QED) is 0.907. The number of nitrogens with zero attached hydrogens (tertiary/aromatic N) is 2. The third-order valence-corrected chi connectivity index (χ3v) is 5.07. The molecule has 6 nitrogen and oxygen atoms in total. The molecule has 0 aromatic heterocycles. The second-order valence-electron chi connectivity index (χ2n) is 7.08. The van der Waals surface area contributed by atoms with Gasteiger partial charge in [0.25, 0.3) is 5.91 Å². The van der Waals surface area contributed by atoms with Crippen molar-refractivity contribution in [2.24, 2.45) is 0 Å². The number of ether oxygens (including phenoxy) is 1. The Morgan fingerprint density at radius 1 is 1.11 bits per heavy atom. The van der Waals surface area contributed by atoms with Crippen LogP contribution in [0.3, 0.4) is 0 Å². The highest BCUT2D eigenvalue weighted by molar-refractivity contribution is 6.11. The first kappa shape index (κ1) is 17.4. The third kappa shape index (κ3) is 3.35. The van der Waals surface area contributed by atoms with Crippen LogP contribution >= 0.6 is 0 Å². The summed E-state index contributed by atoms with van der Waals surface area (Å²) in [6, 6.07) is 11.3. The fourth-order valence-electron chi connectivity index (χ4n) is 3.60. The van der Waals surface area contributed by atoms with Crippen LogP contribution in [0.2, 0.25) is 0 Å². The number of carbonyl (C=O) groups excluding carboxylic acids is 2. The summed E-state index contributed by atoms with van der Waals surface area (Å²) in [6.07, 6.45) is 1.36. The summed E-state index contributed by atoms with van der Waals surface area (Å²) >= 11 is 0. The predicted molar refractivity (Wildman–Crippen MR) is 106 cm³/mol. The minimum absolute atomic E-state index is 0.0699. The van der Waals surface area contributed by atoms with E-state index in [9.17, 15) is 9.59 Å². The third-order valence-electron chi connectivity index (χ3n) is 5.07. The van der Waals surface area contributed by atoms with Gasteiger partial charge in [0.2, 0.25) is 5.91 Å². The number of hydrogen-bond donors (Lipinski definition) is 1. The maximum atomic E-state index is 13.0. The zero-order chi connectivity index (χ0) is 19.0. The van der Waals surface area contributed by atoms with E-state index in [2.05, 4.69) is 10.2 Å². The number of benzene rings is 2. The second kappa shape index (κ2) is 6.95. The van der Waals surface area contributed by atoms with Crippen molar-refractivity contribution in [1.82, 2.24) is 0 Å². The lowest BCUT2D eigenvalue weighted by Crippen LogP contribution is -2.29. The second-order valence-corrected chi connectivity index (χ2v) is 7.08. The normalized spacial score (nSPS) is 16.1. The fourth-order valence-corrected chi connectivity index (χ4v) is 3.60. The molecule has 27 heavy (non-hydrogen) atoms. The summed E-state index contributed by atoms with van der Waals surface area (Å²) in [6.45, 7) is 4.07. The Morgan fingerprint density at radius 3 is 2.74 bits per heavy atom. The minimum Gasteiger partial charge on any atom is -0.490 e. The molecule has 4 rings (SSSR count). The molecule has 0 atom stereocenters. The standard InChI is InChI=1S/C21H23N3O3/c1-14-5-7-17(24-9-3-4-20(24)25)16(12-14)21(26)22-15-6-8-19-18(13-15)23(2)10-11-27-19/h5-8,12-13H,3-4,9-11H2,1-2H3,(H,22,26). The molecule has 0 bridgehead atoms. The molecule has 1 saturated heterocycles. The molecule has 0 aliphatic carbocycles. The highest BCUT2D eigenvalue weighted by Crippen LogP contribution is 2.34. The van der Waals surface area contributed by atoms with Gasteiger partial charge in [-0.2, -0.15) is 0 Å². The van der Waals surface area contributed by atoms with Crippen LogP contribution in [0.25, 0.3) is 0 Å². The van der Waals surface area contributed by atoms with Gasteiger partial charge in [0, 0.05) is 25.7 Å². The Kier molecular flexibility index (Phi) is 4.48. The van der Waals surface area contributed by atoms with E-state index < -0.39 is 0 Å². The molecule has 2 heterocycles. The zero-order valence-corrected chi connectivity index (χ0v) is 15.6. The van der Waals surface area contributed by atoms with Gasteiger partial charge in [-0.1, -0.05) is 11.6 Å². The highest BCUT2D eigenvalue weighted by atomic mass is 16.5. The molecule has 2 amide bonds. The molecule has 1 N–H and O–H groups in total. The predicted octanol–water partition coefficient (Wildman–Crippen LogP) is 3.20. The average molecular weight is 365 g/mol. The van der Waals surface area contributed by atoms with Crippen LogP contribution in [0, 0.1) is 6.92 Å². The Hall–Kier alpha value is -3.02. The van der Waals surface area contributed by atoms with Crippen LogP contribution in [0.5, 0.6) is 5.75 Å². The van der Waals surface area contributed by atoms with Gasteiger partial charge in [-0.3, -0.25) is 9.59 Å². The molecular weight excluding hydrogens is 342 g/mol. The van der Waals surface area contributed by atoms with Crippen molar-refractivity contribution in [2.45, 2.75) is 19.8 Å². The van der Waals surface area contributed by atoms with Gasteiger partial charge in [-0.05, 0) is 43.7 Å². The average Bonchev–Trinajstić information content (AvgIpc) is 3.08. The molecule has 2 aliphatic rings. The van der Waals surface area contributed by atoms with Crippen molar-refractivity contribution in [3.63, 3.8) is 0 Å². The van der Waals surface area contributed by atoms with Gasteiger partial charge in [0.1, 0.15) is 12.4 Å². The SMILES string of the molecule is Cc1ccc(N2CCCC2=O)c(C(=O)Nc2ccc3c(c2)N(C)CCO3)c1. The van der Waals surface area contributed by atoms with Crippen LogP contribution in [0.15, 0.2) is 36.4 Å². The summed E-state index contributed by atoms with van der Waals surface area (Å²) < 4.78 is 5.65. The number of carbonyl (C=O) groups is 2. The van der Waals surface area contributed by atoms with Crippen LogP contribution in [-0.2, 0) is 4.79 Å². The molecule has 0 spiro atoms. The molecule has 2 aromatic rings. The molecule has 140 valence electrons. The molecule has 0 unspecified atom stereocenters. The number of rotatable bonds is 3. The summed E-state index contributed by atoms with van der Waals surface area (Å²) in [7, 11) is 2.00. The number of hydrogen-bond acceptors (Lipinski definition) is 4.